The van der Waals surface area contributed by atoms with E-state index in [-0.39, 0.29) is 26.4 Å². The highest BCUT2D eigenvalue weighted by Crippen LogP contribution is 2.21. The summed E-state index contributed by atoms with van der Waals surface area (Å²) in [5.74, 6) is 0. The molecule has 0 aliphatic heterocycles. The molecule has 0 aromatic heterocycles. The quantitative estimate of drug-likeness (QED) is 0.503. The van der Waals surface area contributed by atoms with Crippen molar-refractivity contribution in [3.05, 3.63) is 0 Å². The average Bonchev–Trinajstić information content (AvgIpc) is 2.37. The molecule has 0 spiro atoms. The van der Waals surface area contributed by atoms with Crippen molar-refractivity contribution in [2.24, 2.45) is 5.41 Å². The summed E-state index contributed by atoms with van der Waals surface area (Å²) in [5.41, 5.74) is -1.14. The van der Waals surface area contributed by atoms with Gasteiger partial charge in [-0.1, -0.05) is 0 Å². The van der Waals surface area contributed by atoms with Crippen molar-refractivity contribution in [2.45, 2.75) is 0 Å². The first kappa shape index (κ1) is 16.6. The maximum atomic E-state index is 11.9. The summed E-state index contributed by atoms with van der Waals surface area (Å²) in [4.78, 5) is 0. The van der Waals surface area contributed by atoms with E-state index in [0.717, 1.165) is 0 Å². The van der Waals surface area contributed by atoms with Crippen molar-refractivity contribution in [1.29, 1.82) is 0 Å². The molecule has 4 nitrogen and oxygen atoms in total. The lowest BCUT2D eigenvalue weighted by Crippen LogP contribution is -2.41. The summed E-state index contributed by atoms with van der Waals surface area (Å²) >= 11 is 0. The number of halogens is 4. The van der Waals surface area contributed by atoms with Crippen LogP contribution in [0.4, 0.5) is 17.6 Å². The summed E-state index contributed by atoms with van der Waals surface area (Å²) in [5, 5.41) is 0. The summed E-state index contributed by atoms with van der Waals surface area (Å²) in [7, 11) is 0. The van der Waals surface area contributed by atoms with E-state index >= 15 is 0 Å². The Hall–Kier alpha value is -0.440. The van der Waals surface area contributed by atoms with Gasteiger partial charge in [0.2, 0.25) is 0 Å². The summed E-state index contributed by atoms with van der Waals surface area (Å²) in [6.07, 6.45) is 0. The molecule has 0 fully saturated rings. The predicted molar refractivity (Wildman–Crippen MR) is 50.1 cm³/mol. The summed E-state index contributed by atoms with van der Waals surface area (Å²) in [6.45, 7) is -5.36. The molecular weight excluding hydrogens is 248 g/mol. The van der Waals surface area contributed by atoms with E-state index in [1.165, 1.54) is 0 Å². The molecular formula is C9H16F4O4. The third-order valence-electron chi connectivity index (χ3n) is 1.94. The van der Waals surface area contributed by atoms with E-state index < -0.39 is 32.9 Å². The van der Waals surface area contributed by atoms with Gasteiger partial charge in [-0.15, -0.1) is 0 Å². The summed E-state index contributed by atoms with van der Waals surface area (Å²) in [6, 6.07) is 0. The zero-order valence-electron chi connectivity index (χ0n) is 9.30. The number of hydrogen-bond donors (Lipinski definition) is 0. The Morgan fingerprint density at radius 1 is 0.529 bits per heavy atom. The van der Waals surface area contributed by atoms with Crippen LogP contribution in [0.2, 0.25) is 0 Å². The first-order valence-electron chi connectivity index (χ1n) is 4.79. The molecule has 8 heteroatoms. The second kappa shape index (κ2) is 10.7. The fourth-order valence-corrected chi connectivity index (χ4v) is 1.27. The third kappa shape index (κ3) is 7.48. The highest BCUT2D eigenvalue weighted by atomic mass is 19.1. The SMILES string of the molecule is FCOCC(COCF)(COCF)COCF. The van der Waals surface area contributed by atoms with Gasteiger partial charge in [0.15, 0.2) is 27.4 Å². The van der Waals surface area contributed by atoms with E-state index in [0.29, 0.717) is 0 Å². The predicted octanol–water partition coefficient (Wildman–Crippen LogP) is 1.75. The second-order valence-electron chi connectivity index (χ2n) is 3.33. The van der Waals surface area contributed by atoms with Crippen LogP contribution in [0.15, 0.2) is 0 Å². The van der Waals surface area contributed by atoms with Crippen molar-refractivity contribution in [1.82, 2.24) is 0 Å². The molecule has 0 aromatic carbocycles. The Bertz CT molecular complexity index is 136. The van der Waals surface area contributed by atoms with Gasteiger partial charge in [0.25, 0.3) is 0 Å². The zero-order chi connectivity index (χ0) is 13.0. The second-order valence-corrected chi connectivity index (χ2v) is 3.33. The molecule has 0 saturated carbocycles. The van der Waals surface area contributed by atoms with Gasteiger partial charge in [0.1, 0.15) is 0 Å². The molecule has 0 aromatic rings. The molecule has 0 radical (unpaired) electrons. The van der Waals surface area contributed by atoms with Gasteiger partial charge < -0.3 is 18.9 Å². The molecule has 0 bridgehead atoms. The standard InChI is InChI=1S/C9H16F4O4/c10-5-14-1-9(2-15-6-11,3-16-7-12)4-17-8-13/h1-8H2. The first-order chi connectivity index (χ1) is 8.24. The van der Waals surface area contributed by atoms with E-state index in [1.807, 2.05) is 0 Å². The number of ether oxygens (including phenoxy) is 4. The average molecular weight is 264 g/mol. The molecule has 0 aliphatic carbocycles. The Labute approximate surface area is 96.8 Å². The van der Waals surface area contributed by atoms with Crippen molar-refractivity contribution >= 4 is 0 Å². The lowest BCUT2D eigenvalue weighted by Gasteiger charge is -2.31. The largest absolute Gasteiger partial charge is 0.350 e. The highest BCUT2D eigenvalue weighted by molar-refractivity contribution is 4.78. The van der Waals surface area contributed by atoms with E-state index in [2.05, 4.69) is 18.9 Å². The minimum Gasteiger partial charge on any atom is -0.350 e. The van der Waals surface area contributed by atoms with Crippen molar-refractivity contribution in [2.75, 3.05) is 53.9 Å². The molecule has 0 aliphatic rings. The number of rotatable bonds is 12. The highest BCUT2D eigenvalue weighted by Gasteiger charge is 2.32. The molecule has 17 heavy (non-hydrogen) atoms. The minimum absolute atomic E-state index is 0.260. The Balaban J connectivity index is 4.39. The molecule has 104 valence electrons. The van der Waals surface area contributed by atoms with E-state index in [4.69, 9.17) is 0 Å². The van der Waals surface area contributed by atoms with Crippen LogP contribution in [0.3, 0.4) is 0 Å². The van der Waals surface area contributed by atoms with Crippen molar-refractivity contribution < 1.29 is 36.5 Å². The Kier molecular flexibility index (Phi) is 10.4. The fraction of sp³-hybridized carbons (Fsp3) is 1.00. The van der Waals surface area contributed by atoms with Crippen molar-refractivity contribution in [3.8, 4) is 0 Å². The molecule has 0 saturated heterocycles. The summed E-state index contributed by atoms with van der Waals surface area (Å²) < 4.78 is 65.8. The van der Waals surface area contributed by atoms with Crippen LogP contribution >= 0.6 is 0 Å². The zero-order valence-corrected chi connectivity index (χ0v) is 9.30. The number of alkyl halides is 4. The maximum absolute atomic E-state index is 11.9. The van der Waals surface area contributed by atoms with Crippen LogP contribution in [-0.4, -0.2) is 53.9 Å². The number of hydrogen-bond acceptors (Lipinski definition) is 4. The van der Waals surface area contributed by atoms with Gasteiger partial charge in [-0.3, -0.25) is 0 Å². The Morgan fingerprint density at radius 3 is 0.941 bits per heavy atom. The Morgan fingerprint density at radius 2 is 0.765 bits per heavy atom. The molecule has 0 amide bonds. The van der Waals surface area contributed by atoms with Crippen molar-refractivity contribution in [3.63, 3.8) is 0 Å². The van der Waals surface area contributed by atoms with Crippen LogP contribution < -0.4 is 0 Å². The van der Waals surface area contributed by atoms with Gasteiger partial charge in [-0.25, -0.2) is 17.6 Å². The topological polar surface area (TPSA) is 36.9 Å². The van der Waals surface area contributed by atoms with Crippen LogP contribution in [-0.2, 0) is 18.9 Å². The lowest BCUT2D eigenvalue weighted by atomic mass is 9.92. The monoisotopic (exact) mass is 264 g/mol. The minimum atomic E-state index is -1.14. The van der Waals surface area contributed by atoms with Gasteiger partial charge in [0, 0.05) is 0 Å². The van der Waals surface area contributed by atoms with Crippen LogP contribution in [0, 0.1) is 5.41 Å². The van der Waals surface area contributed by atoms with E-state index in [1.54, 1.807) is 0 Å². The van der Waals surface area contributed by atoms with Crippen LogP contribution in [0.1, 0.15) is 0 Å². The maximum Gasteiger partial charge on any atom is 0.188 e. The third-order valence-corrected chi connectivity index (χ3v) is 1.94. The first-order valence-corrected chi connectivity index (χ1v) is 4.79. The molecule has 0 heterocycles. The van der Waals surface area contributed by atoms with Gasteiger partial charge in [-0.2, -0.15) is 0 Å². The molecule has 0 unspecified atom stereocenters. The lowest BCUT2D eigenvalue weighted by molar-refractivity contribution is -0.139. The van der Waals surface area contributed by atoms with Crippen LogP contribution in [0.25, 0.3) is 0 Å². The van der Waals surface area contributed by atoms with E-state index in [9.17, 15) is 17.6 Å². The normalized spacial score (nSPS) is 12.0. The molecule has 0 atom stereocenters. The molecule has 0 N–H and O–H groups in total. The fourth-order valence-electron chi connectivity index (χ4n) is 1.27. The van der Waals surface area contributed by atoms with Gasteiger partial charge >= 0.3 is 0 Å². The van der Waals surface area contributed by atoms with Gasteiger partial charge in [-0.05, 0) is 0 Å². The van der Waals surface area contributed by atoms with Gasteiger partial charge in [0.05, 0.1) is 31.8 Å². The molecule has 0 rings (SSSR count). The van der Waals surface area contributed by atoms with Crippen LogP contribution in [0.5, 0.6) is 0 Å². The smallest absolute Gasteiger partial charge is 0.188 e.